The predicted molar refractivity (Wildman–Crippen MR) is 97.0 cm³/mol. The third kappa shape index (κ3) is 4.36. The topological polar surface area (TPSA) is 28.2 Å². The van der Waals surface area contributed by atoms with E-state index in [1.54, 1.807) is 0 Å². The molecule has 0 aromatic carbocycles. The second-order valence-electron chi connectivity index (χ2n) is 5.91. The number of thiazole rings is 1. The Kier molecular flexibility index (Phi) is 6.83. The van der Waals surface area contributed by atoms with Crippen molar-refractivity contribution in [2.24, 2.45) is 0 Å². The second kappa shape index (κ2) is 8.39. The third-order valence-electron chi connectivity index (χ3n) is 4.12. The Morgan fingerprint density at radius 2 is 2.24 bits per heavy atom. The van der Waals surface area contributed by atoms with Gasteiger partial charge in [0.25, 0.3) is 0 Å². The van der Waals surface area contributed by atoms with Crippen LogP contribution in [0.25, 0.3) is 0 Å². The van der Waals surface area contributed by atoms with Crippen molar-refractivity contribution in [2.75, 3.05) is 29.5 Å². The van der Waals surface area contributed by atoms with Crippen molar-refractivity contribution in [2.45, 2.75) is 59.0 Å². The van der Waals surface area contributed by atoms with Gasteiger partial charge in [0.15, 0.2) is 5.13 Å². The van der Waals surface area contributed by atoms with Crippen molar-refractivity contribution in [3.05, 3.63) is 10.6 Å². The van der Waals surface area contributed by atoms with Crippen LogP contribution < -0.4 is 10.2 Å². The number of hydrogen-bond acceptors (Lipinski definition) is 5. The van der Waals surface area contributed by atoms with Crippen LogP contribution in [0.15, 0.2) is 0 Å². The van der Waals surface area contributed by atoms with Crippen LogP contribution in [0.2, 0.25) is 0 Å². The largest absolute Gasteiger partial charge is 0.344 e. The van der Waals surface area contributed by atoms with Crippen molar-refractivity contribution >= 4 is 28.2 Å². The molecule has 1 fully saturated rings. The van der Waals surface area contributed by atoms with Gasteiger partial charge in [-0.15, -0.1) is 11.3 Å². The Labute approximate surface area is 137 Å². The van der Waals surface area contributed by atoms with E-state index < -0.39 is 0 Å². The highest BCUT2D eigenvalue weighted by atomic mass is 32.2. The van der Waals surface area contributed by atoms with E-state index in [0.717, 1.165) is 26.1 Å². The smallest absolute Gasteiger partial charge is 0.186 e. The van der Waals surface area contributed by atoms with Crippen LogP contribution in [-0.2, 0) is 6.54 Å². The van der Waals surface area contributed by atoms with Crippen LogP contribution in [0.4, 0.5) is 5.13 Å². The fraction of sp³-hybridized carbons (Fsp3) is 0.812. The van der Waals surface area contributed by atoms with Crippen LogP contribution in [0.1, 0.15) is 57.0 Å². The van der Waals surface area contributed by atoms with E-state index in [4.69, 9.17) is 4.98 Å². The van der Waals surface area contributed by atoms with E-state index in [9.17, 15) is 0 Å². The molecule has 120 valence electrons. The first kappa shape index (κ1) is 17.1. The van der Waals surface area contributed by atoms with Gasteiger partial charge in [0, 0.05) is 35.5 Å². The summed E-state index contributed by atoms with van der Waals surface area (Å²) in [6.07, 6.45) is 2.35. The minimum Gasteiger partial charge on any atom is -0.344 e. The number of anilines is 1. The molecule has 0 bridgehead atoms. The Hall–Kier alpha value is -0.260. The molecule has 1 aliphatic rings. The molecule has 0 amide bonds. The maximum Gasteiger partial charge on any atom is 0.186 e. The number of aromatic nitrogens is 1. The first-order chi connectivity index (χ1) is 10.2. The van der Waals surface area contributed by atoms with E-state index >= 15 is 0 Å². The van der Waals surface area contributed by atoms with E-state index in [2.05, 4.69) is 49.7 Å². The lowest BCUT2D eigenvalue weighted by Crippen LogP contribution is -2.40. The second-order valence-corrected chi connectivity index (χ2v) is 8.12. The van der Waals surface area contributed by atoms with Gasteiger partial charge >= 0.3 is 0 Å². The molecular formula is C16H29N3S2. The van der Waals surface area contributed by atoms with Gasteiger partial charge in [-0.2, -0.15) is 11.8 Å². The third-order valence-corrected chi connectivity index (χ3v) is 6.42. The normalized spacial score (nSPS) is 20.8. The average molecular weight is 328 g/mol. The van der Waals surface area contributed by atoms with Crippen molar-refractivity contribution < 1.29 is 0 Å². The van der Waals surface area contributed by atoms with Gasteiger partial charge in [-0.25, -0.2) is 4.98 Å². The molecule has 1 saturated heterocycles. The highest BCUT2D eigenvalue weighted by Crippen LogP contribution is 2.34. The summed E-state index contributed by atoms with van der Waals surface area (Å²) in [6, 6.07) is 0.608. The van der Waals surface area contributed by atoms with Crippen molar-refractivity contribution in [1.82, 2.24) is 10.3 Å². The first-order valence-corrected chi connectivity index (χ1v) is 10.2. The van der Waals surface area contributed by atoms with E-state index in [1.807, 2.05) is 11.3 Å². The van der Waals surface area contributed by atoms with Crippen LogP contribution in [0, 0.1) is 0 Å². The molecule has 21 heavy (non-hydrogen) atoms. The zero-order valence-corrected chi connectivity index (χ0v) is 15.4. The molecule has 1 aliphatic heterocycles. The Morgan fingerprint density at radius 1 is 1.43 bits per heavy atom. The Balaban J connectivity index is 2.17. The number of thioether (sulfide) groups is 1. The monoisotopic (exact) mass is 327 g/mol. The highest BCUT2D eigenvalue weighted by molar-refractivity contribution is 7.99. The number of nitrogens with one attached hydrogen (secondary N) is 1. The molecule has 1 N–H and O–H groups in total. The summed E-state index contributed by atoms with van der Waals surface area (Å²) in [5.74, 6) is 3.01. The van der Waals surface area contributed by atoms with Gasteiger partial charge in [-0.1, -0.05) is 20.8 Å². The lowest BCUT2D eigenvalue weighted by atomic mass is 10.0. The summed E-state index contributed by atoms with van der Waals surface area (Å²) in [5, 5.41) is 4.79. The Bertz CT molecular complexity index is 433. The molecule has 1 aromatic rings. The lowest BCUT2D eigenvalue weighted by molar-refractivity contribution is 0.652. The maximum atomic E-state index is 5.03. The van der Waals surface area contributed by atoms with Gasteiger partial charge in [0.05, 0.1) is 5.69 Å². The summed E-state index contributed by atoms with van der Waals surface area (Å²) in [6.45, 7) is 12.3. The minimum absolute atomic E-state index is 0.558. The molecular weight excluding hydrogens is 298 g/mol. The summed E-state index contributed by atoms with van der Waals surface area (Å²) in [7, 11) is 0. The molecule has 1 aromatic heterocycles. The van der Waals surface area contributed by atoms with E-state index in [1.165, 1.54) is 33.6 Å². The zero-order chi connectivity index (χ0) is 15.2. The average Bonchev–Trinajstić information content (AvgIpc) is 2.91. The summed E-state index contributed by atoms with van der Waals surface area (Å²) < 4.78 is 0. The molecule has 2 rings (SSSR count). The lowest BCUT2D eigenvalue weighted by Gasteiger charge is -2.32. The highest BCUT2D eigenvalue weighted by Gasteiger charge is 2.24. The SMILES string of the molecule is CCCNCc1sc(N2CCSCC2C)nc1C(C)CC. The van der Waals surface area contributed by atoms with Gasteiger partial charge in [0.2, 0.25) is 0 Å². The predicted octanol–water partition coefficient (Wildman–Crippen LogP) is 4.10. The van der Waals surface area contributed by atoms with E-state index in [0.29, 0.717) is 12.0 Å². The van der Waals surface area contributed by atoms with Gasteiger partial charge in [-0.05, 0) is 32.2 Å². The Morgan fingerprint density at radius 3 is 2.90 bits per heavy atom. The number of nitrogens with zero attached hydrogens (tertiary/aromatic N) is 2. The maximum absolute atomic E-state index is 5.03. The summed E-state index contributed by atoms with van der Waals surface area (Å²) in [5.41, 5.74) is 1.33. The van der Waals surface area contributed by atoms with E-state index in [-0.39, 0.29) is 0 Å². The number of rotatable bonds is 7. The van der Waals surface area contributed by atoms with Crippen LogP contribution in [-0.4, -0.2) is 35.6 Å². The molecule has 2 unspecified atom stereocenters. The fourth-order valence-electron chi connectivity index (χ4n) is 2.57. The molecule has 0 radical (unpaired) electrons. The van der Waals surface area contributed by atoms with Gasteiger partial charge in [-0.3, -0.25) is 0 Å². The molecule has 5 heteroatoms. The van der Waals surface area contributed by atoms with Crippen molar-refractivity contribution in [3.63, 3.8) is 0 Å². The molecule has 2 heterocycles. The molecule has 0 aliphatic carbocycles. The molecule has 0 saturated carbocycles. The van der Waals surface area contributed by atoms with Crippen LogP contribution in [0.5, 0.6) is 0 Å². The van der Waals surface area contributed by atoms with Crippen molar-refractivity contribution in [1.29, 1.82) is 0 Å². The van der Waals surface area contributed by atoms with Gasteiger partial charge in [0.1, 0.15) is 0 Å². The summed E-state index contributed by atoms with van der Waals surface area (Å²) in [4.78, 5) is 8.98. The quantitative estimate of drug-likeness (QED) is 0.763. The standard InChI is InChI=1S/C16H29N3S2/c1-5-7-17-10-14-15(12(3)6-2)18-16(21-14)19-8-9-20-11-13(19)4/h12-13,17H,5-11H2,1-4H3. The summed E-state index contributed by atoms with van der Waals surface area (Å²) >= 11 is 3.97. The van der Waals surface area contributed by atoms with Gasteiger partial charge < -0.3 is 10.2 Å². The van der Waals surface area contributed by atoms with Crippen LogP contribution in [0.3, 0.4) is 0 Å². The molecule has 2 atom stereocenters. The fourth-order valence-corrected chi connectivity index (χ4v) is 4.86. The number of hydrogen-bond donors (Lipinski definition) is 1. The van der Waals surface area contributed by atoms with Crippen LogP contribution >= 0.6 is 23.1 Å². The zero-order valence-electron chi connectivity index (χ0n) is 13.8. The molecule has 0 spiro atoms. The van der Waals surface area contributed by atoms with Crippen molar-refractivity contribution in [3.8, 4) is 0 Å². The minimum atomic E-state index is 0.558. The first-order valence-electron chi connectivity index (χ1n) is 8.22. The molecule has 3 nitrogen and oxygen atoms in total.